The Labute approximate surface area is 198 Å². The molecule has 1 N–H and O–H groups in total. The number of carbonyl (C=O) groups excluding carboxylic acids is 3. The molecule has 0 bridgehead atoms. The molecule has 0 amide bonds. The number of hydrogen-bond acceptors (Lipinski definition) is 5. The van der Waals surface area contributed by atoms with Gasteiger partial charge in [0.1, 0.15) is 11.8 Å². The summed E-state index contributed by atoms with van der Waals surface area (Å²) in [7, 11) is 0. The smallest absolute Gasteiger partial charge is 0.303 e. The minimum atomic E-state index is -1.76. The van der Waals surface area contributed by atoms with Gasteiger partial charge in [0.25, 0.3) is 0 Å². The molecule has 32 heavy (non-hydrogen) atoms. The molecule has 5 nitrogen and oxygen atoms in total. The number of carbonyl (C=O) groups is 3. The molecule has 0 spiro atoms. The van der Waals surface area contributed by atoms with Crippen molar-refractivity contribution in [2.45, 2.75) is 81.8 Å². The summed E-state index contributed by atoms with van der Waals surface area (Å²) < 4.78 is 20.5. The molecule has 4 aliphatic carbocycles. The Morgan fingerprint density at radius 3 is 2.56 bits per heavy atom. The maximum absolute atomic E-state index is 15.5. The number of esters is 1. The van der Waals surface area contributed by atoms with Gasteiger partial charge < -0.3 is 9.84 Å². The normalized spacial score (nSPS) is 50.1. The van der Waals surface area contributed by atoms with Crippen LogP contribution in [-0.4, -0.2) is 51.3 Å². The Bertz CT molecular complexity index is 907. The second-order valence-electron chi connectivity index (χ2n) is 10.8. The van der Waals surface area contributed by atoms with Crippen molar-refractivity contribution >= 4 is 40.7 Å². The van der Waals surface area contributed by atoms with Crippen LogP contribution in [0.5, 0.6) is 0 Å². The van der Waals surface area contributed by atoms with E-state index in [1.54, 1.807) is 6.92 Å². The fourth-order valence-corrected chi connectivity index (χ4v) is 8.95. The highest BCUT2D eigenvalue weighted by Gasteiger charge is 2.75. The van der Waals surface area contributed by atoms with Crippen LogP contribution < -0.4 is 0 Å². The predicted octanol–water partition coefficient (Wildman–Crippen LogP) is 4.15. The van der Waals surface area contributed by atoms with Gasteiger partial charge in [-0.1, -0.05) is 20.8 Å². The molecule has 0 heterocycles. The van der Waals surface area contributed by atoms with E-state index >= 15 is 4.39 Å². The Morgan fingerprint density at radius 2 is 1.94 bits per heavy atom. The highest BCUT2D eigenvalue weighted by molar-refractivity contribution is 6.33. The number of halogens is 3. The first-order valence-electron chi connectivity index (χ1n) is 11.3. The average Bonchev–Trinajstić information content (AvgIpc) is 2.91. The largest absolute Gasteiger partial charge is 0.458 e. The number of hydrogen-bond donors (Lipinski definition) is 1. The lowest BCUT2D eigenvalue weighted by Gasteiger charge is -2.65. The first kappa shape index (κ1) is 24.2. The van der Waals surface area contributed by atoms with E-state index in [0.29, 0.717) is 24.8 Å². The van der Waals surface area contributed by atoms with Gasteiger partial charge in [0.2, 0.25) is 5.78 Å². The van der Waals surface area contributed by atoms with Crippen molar-refractivity contribution < 1.29 is 28.6 Å². The molecule has 3 saturated carbocycles. The number of ketones is 2. The van der Waals surface area contributed by atoms with Gasteiger partial charge in [-0.05, 0) is 55.1 Å². The van der Waals surface area contributed by atoms with Crippen molar-refractivity contribution in [2.75, 3.05) is 6.61 Å². The van der Waals surface area contributed by atoms with E-state index < -0.39 is 57.1 Å². The molecule has 3 fully saturated rings. The van der Waals surface area contributed by atoms with Crippen LogP contribution in [0.1, 0.15) is 59.8 Å². The third kappa shape index (κ3) is 2.88. The number of fused-ring (bicyclic) bond motifs is 5. The topological polar surface area (TPSA) is 80.7 Å². The fraction of sp³-hybridized carbons (Fsp3) is 0.792. The van der Waals surface area contributed by atoms with Crippen LogP contribution in [0.3, 0.4) is 0 Å². The van der Waals surface area contributed by atoms with Crippen LogP contribution in [0, 0.1) is 28.6 Å². The average molecular weight is 489 g/mol. The van der Waals surface area contributed by atoms with Gasteiger partial charge in [0.05, 0.1) is 10.3 Å². The van der Waals surface area contributed by atoms with Crippen molar-refractivity contribution in [1.82, 2.24) is 0 Å². The van der Waals surface area contributed by atoms with Crippen molar-refractivity contribution in [2.24, 2.45) is 28.6 Å². The van der Waals surface area contributed by atoms with Crippen molar-refractivity contribution in [3.05, 3.63) is 11.6 Å². The van der Waals surface area contributed by atoms with Crippen LogP contribution in [0.4, 0.5) is 4.39 Å². The lowest BCUT2D eigenvalue weighted by molar-refractivity contribution is -0.173. The van der Waals surface area contributed by atoms with Crippen LogP contribution in [0.25, 0.3) is 0 Å². The summed E-state index contributed by atoms with van der Waals surface area (Å²) in [5.74, 6) is -2.30. The van der Waals surface area contributed by atoms with E-state index in [1.165, 1.54) is 13.0 Å². The molecule has 4 aliphatic rings. The molecular formula is C24H31Cl2FO5. The first-order chi connectivity index (χ1) is 14.7. The zero-order valence-electron chi connectivity index (χ0n) is 18.9. The Hall–Kier alpha value is -0.980. The monoisotopic (exact) mass is 488 g/mol. The molecule has 0 aliphatic heterocycles. The zero-order chi connectivity index (χ0) is 23.9. The minimum absolute atomic E-state index is 0.0921. The van der Waals surface area contributed by atoms with Gasteiger partial charge >= 0.3 is 5.97 Å². The molecule has 0 unspecified atom stereocenters. The van der Waals surface area contributed by atoms with Gasteiger partial charge in [0.15, 0.2) is 12.4 Å². The number of Topliss-reactive ketones (excluding diaryl/α,β-unsaturated/α-hetero) is 1. The minimum Gasteiger partial charge on any atom is -0.458 e. The van der Waals surface area contributed by atoms with Gasteiger partial charge in [-0.2, -0.15) is 0 Å². The summed E-state index contributed by atoms with van der Waals surface area (Å²) in [6.07, 6.45) is 1.66. The number of rotatable bonds is 3. The van der Waals surface area contributed by atoms with Crippen molar-refractivity contribution in [3.8, 4) is 0 Å². The first-order valence-corrected chi connectivity index (χ1v) is 12.2. The van der Waals surface area contributed by atoms with Gasteiger partial charge in [-0.3, -0.25) is 14.4 Å². The summed E-state index contributed by atoms with van der Waals surface area (Å²) in [4.78, 5) is 35.5. The Balaban J connectivity index is 1.78. The summed E-state index contributed by atoms with van der Waals surface area (Å²) >= 11 is 14.4. The molecule has 0 radical (unpaired) electrons. The third-order valence-electron chi connectivity index (χ3n) is 9.39. The SMILES string of the molecule is CC(=O)OCC(=O)[C@@]1(O)[C@H](C)C[C@H]2[C@@H]3C[C@H](F)C4=CC(=O)CC[C@]4(C)[C@@]3(Cl)[C@@H](Cl)C[C@@]21C. The molecule has 0 aromatic rings. The summed E-state index contributed by atoms with van der Waals surface area (Å²) in [5, 5.41) is 11.1. The van der Waals surface area contributed by atoms with E-state index in [9.17, 15) is 19.5 Å². The number of allylic oxidation sites excluding steroid dienone is 1. The molecule has 9 atom stereocenters. The van der Waals surface area contributed by atoms with Crippen LogP contribution in [0.2, 0.25) is 0 Å². The quantitative estimate of drug-likeness (QED) is 0.476. The maximum atomic E-state index is 15.5. The number of ether oxygens (including phenoxy) is 1. The van der Waals surface area contributed by atoms with E-state index in [4.69, 9.17) is 27.9 Å². The van der Waals surface area contributed by atoms with Gasteiger partial charge in [-0.25, -0.2) is 4.39 Å². The lowest BCUT2D eigenvalue weighted by Crippen LogP contribution is -2.69. The van der Waals surface area contributed by atoms with E-state index in [-0.39, 0.29) is 30.5 Å². The summed E-state index contributed by atoms with van der Waals surface area (Å²) in [5.41, 5.74) is -3.06. The second-order valence-corrected chi connectivity index (χ2v) is 11.9. The third-order valence-corrected chi connectivity index (χ3v) is 11.0. The van der Waals surface area contributed by atoms with Gasteiger partial charge in [0, 0.05) is 24.2 Å². The van der Waals surface area contributed by atoms with Crippen LogP contribution in [-0.2, 0) is 19.1 Å². The number of alkyl halides is 3. The predicted molar refractivity (Wildman–Crippen MR) is 118 cm³/mol. The van der Waals surface area contributed by atoms with E-state index in [2.05, 4.69) is 0 Å². The molecule has 8 heteroatoms. The highest BCUT2D eigenvalue weighted by Crippen LogP contribution is 2.73. The highest BCUT2D eigenvalue weighted by atomic mass is 35.5. The number of aliphatic hydroxyl groups is 1. The van der Waals surface area contributed by atoms with E-state index in [0.717, 1.165) is 0 Å². The van der Waals surface area contributed by atoms with E-state index in [1.807, 2.05) is 13.8 Å². The molecule has 4 rings (SSSR count). The Kier molecular flexibility index (Phi) is 5.67. The molecule has 0 aromatic heterocycles. The fourth-order valence-electron chi connectivity index (χ4n) is 7.70. The van der Waals surface area contributed by atoms with Crippen LogP contribution in [0.15, 0.2) is 11.6 Å². The second kappa shape index (κ2) is 7.51. The Morgan fingerprint density at radius 1 is 1.28 bits per heavy atom. The maximum Gasteiger partial charge on any atom is 0.303 e. The molecule has 0 aromatic carbocycles. The zero-order valence-corrected chi connectivity index (χ0v) is 20.4. The molecule has 178 valence electrons. The molecule has 0 saturated heterocycles. The standard InChI is InChI=1S/C24H31Cl2FO5/c1-12-7-15-16-9-18(27)17-8-14(29)5-6-21(17,3)23(16,26)19(25)10-22(15,4)24(12,31)20(30)11-32-13(2)28/h8,12,15-16,18-19,31H,5-7,9-11H2,1-4H3/t12-,15+,16+,18+,19+,21+,22+,23+,24+/m1/s1. The van der Waals surface area contributed by atoms with Gasteiger partial charge in [-0.15, -0.1) is 23.2 Å². The summed E-state index contributed by atoms with van der Waals surface area (Å²) in [6, 6.07) is 0. The van der Waals surface area contributed by atoms with Crippen molar-refractivity contribution in [3.63, 3.8) is 0 Å². The van der Waals surface area contributed by atoms with Crippen molar-refractivity contribution in [1.29, 1.82) is 0 Å². The summed E-state index contributed by atoms with van der Waals surface area (Å²) in [6.45, 7) is 6.24. The van der Waals surface area contributed by atoms with Crippen LogP contribution >= 0.6 is 23.2 Å². The lowest BCUT2D eigenvalue weighted by atomic mass is 9.45. The molecular weight excluding hydrogens is 458 g/mol.